The number of nitrogens with two attached hydrogens (primary N) is 1. The van der Waals surface area contributed by atoms with Crippen molar-refractivity contribution in [2.75, 3.05) is 0 Å². The summed E-state index contributed by atoms with van der Waals surface area (Å²) in [6.45, 7) is 5.58. The number of thiol groups is 1. The number of fused-ring (bicyclic) bond motifs is 1. The standard InChI is InChI=1S/C28H33N5O4S/c1-4-7-22(25(35)38)32-26(36)27(20-11-10-18-8-5-6-9-19(18)12-20)14-23(33-37-27)28(29,17(2)3)24(34)13-21-15-30-16-31-21/h5-6,8-12,15-17,22H,4,7,13-14,29H2,1-3H3,(H,30,31)(H,32,36)(H,35,38)/t22-,27?,28-/m0/s1. The van der Waals surface area contributed by atoms with Crippen molar-refractivity contribution in [1.29, 1.82) is 0 Å². The quantitative estimate of drug-likeness (QED) is 0.277. The molecule has 9 nitrogen and oxygen atoms in total. The van der Waals surface area contributed by atoms with Crippen molar-refractivity contribution in [3.63, 3.8) is 0 Å². The minimum Gasteiger partial charge on any atom is -0.374 e. The molecule has 3 atom stereocenters. The van der Waals surface area contributed by atoms with Crippen LogP contribution in [0.2, 0.25) is 0 Å². The number of aromatic amines is 1. The van der Waals surface area contributed by atoms with E-state index in [9.17, 15) is 14.4 Å². The fourth-order valence-corrected chi connectivity index (χ4v) is 5.03. The molecule has 2 aromatic carbocycles. The van der Waals surface area contributed by atoms with Crippen molar-refractivity contribution < 1.29 is 19.2 Å². The zero-order chi connectivity index (χ0) is 27.5. The summed E-state index contributed by atoms with van der Waals surface area (Å²) < 4.78 is 0. The first-order valence-electron chi connectivity index (χ1n) is 12.7. The van der Waals surface area contributed by atoms with Crippen molar-refractivity contribution in [2.24, 2.45) is 16.8 Å². The number of nitrogens with one attached hydrogen (secondary N) is 2. The first kappa shape index (κ1) is 27.5. The maximum Gasteiger partial charge on any atom is 0.272 e. The normalized spacial score (nSPS) is 19.5. The molecule has 0 fully saturated rings. The Morgan fingerprint density at radius 3 is 2.58 bits per heavy atom. The SMILES string of the molecule is CCC[C@H](NC(=O)C1(c2ccc3ccccc3c2)CC([C@](N)(C(=O)Cc2cnc[nH]2)C(C)C)=NO1)C(=O)S. The first-order valence-corrected chi connectivity index (χ1v) is 13.1. The number of aromatic nitrogens is 2. The molecule has 200 valence electrons. The number of rotatable bonds is 11. The summed E-state index contributed by atoms with van der Waals surface area (Å²) >= 11 is 3.97. The molecule has 0 radical (unpaired) electrons. The van der Waals surface area contributed by atoms with E-state index in [0.29, 0.717) is 24.1 Å². The van der Waals surface area contributed by atoms with Crippen LogP contribution in [0.4, 0.5) is 0 Å². The number of oxime groups is 1. The Balaban J connectivity index is 1.74. The third-order valence-corrected chi connectivity index (χ3v) is 7.56. The van der Waals surface area contributed by atoms with Crippen molar-refractivity contribution >= 4 is 45.9 Å². The summed E-state index contributed by atoms with van der Waals surface area (Å²) in [6.07, 6.45) is 4.13. The minimum absolute atomic E-state index is 0.0234. The van der Waals surface area contributed by atoms with Gasteiger partial charge in [0.05, 0.1) is 24.5 Å². The Bertz CT molecular complexity index is 1370. The van der Waals surface area contributed by atoms with Gasteiger partial charge in [0.15, 0.2) is 5.78 Å². The Morgan fingerprint density at radius 1 is 1.21 bits per heavy atom. The predicted molar refractivity (Wildman–Crippen MR) is 149 cm³/mol. The topological polar surface area (TPSA) is 140 Å². The second-order valence-corrected chi connectivity index (χ2v) is 10.5. The van der Waals surface area contributed by atoms with E-state index in [2.05, 4.69) is 33.1 Å². The van der Waals surface area contributed by atoms with E-state index in [4.69, 9.17) is 10.6 Å². The Labute approximate surface area is 227 Å². The molecule has 0 saturated heterocycles. The summed E-state index contributed by atoms with van der Waals surface area (Å²) in [4.78, 5) is 52.5. The maximum atomic E-state index is 13.9. The smallest absolute Gasteiger partial charge is 0.272 e. The zero-order valence-electron chi connectivity index (χ0n) is 21.7. The summed E-state index contributed by atoms with van der Waals surface area (Å²) in [7, 11) is 0. The van der Waals surface area contributed by atoms with Gasteiger partial charge in [0.25, 0.3) is 5.91 Å². The lowest BCUT2D eigenvalue weighted by atomic mass is 9.73. The Morgan fingerprint density at radius 2 is 1.95 bits per heavy atom. The zero-order valence-corrected chi connectivity index (χ0v) is 22.6. The molecule has 4 N–H and O–H groups in total. The molecular weight excluding hydrogens is 502 g/mol. The summed E-state index contributed by atoms with van der Waals surface area (Å²) in [6, 6.07) is 12.5. The molecule has 1 aromatic heterocycles. The van der Waals surface area contributed by atoms with Crippen molar-refractivity contribution in [1.82, 2.24) is 15.3 Å². The molecule has 1 aliphatic heterocycles. The Hall–Kier alpha value is -3.50. The molecule has 0 saturated carbocycles. The van der Waals surface area contributed by atoms with Crippen LogP contribution in [-0.4, -0.2) is 44.1 Å². The lowest BCUT2D eigenvalue weighted by Crippen LogP contribution is -2.60. The highest BCUT2D eigenvalue weighted by molar-refractivity contribution is 7.96. The van der Waals surface area contributed by atoms with Crippen LogP contribution in [0.5, 0.6) is 0 Å². The number of hydrogen-bond acceptors (Lipinski definition) is 7. The van der Waals surface area contributed by atoms with E-state index in [1.54, 1.807) is 12.3 Å². The molecule has 2 heterocycles. The van der Waals surface area contributed by atoms with Crippen LogP contribution in [0.1, 0.15) is 51.3 Å². The number of H-pyrrole nitrogens is 1. The van der Waals surface area contributed by atoms with Gasteiger partial charge in [-0.3, -0.25) is 14.4 Å². The molecule has 0 spiro atoms. The highest BCUT2D eigenvalue weighted by Crippen LogP contribution is 2.40. The van der Waals surface area contributed by atoms with Gasteiger partial charge in [0.1, 0.15) is 5.54 Å². The van der Waals surface area contributed by atoms with Gasteiger partial charge in [0.2, 0.25) is 10.7 Å². The number of amides is 1. The van der Waals surface area contributed by atoms with E-state index < -0.39 is 28.2 Å². The molecule has 10 heteroatoms. The van der Waals surface area contributed by atoms with Gasteiger partial charge in [0, 0.05) is 23.9 Å². The molecular formula is C28H33N5O4S. The van der Waals surface area contributed by atoms with Crippen LogP contribution < -0.4 is 11.1 Å². The number of carbonyl (C=O) groups is 3. The largest absolute Gasteiger partial charge is 0.374 e. The van der Waals surface area contributed by atoms with Crippen LogP contribution in [0.3, 0.4) is 0 Å². The van der Waals surface area contributed by atoms with Gasteiger partial charge in [-0.05, 0) is 29.2 Å². The van der Waals surface area contributed by atoms with Crippen molar-refractivity contribution in [3.05, 3.63) is 66.2 Å². The third kappa shape index (κ3) is 5.10. The van der Waals surface area contributed by atoms with Gasteiger partial charge < -0.3 is 20.9 Å². The second kappa shape index (κ2) is 11.1. The van der Waals surface area contributed by atoms with Gasteiger partial charge in [-0.2, -0.15) is 0 Å². The van der Waals surface area contributed by atoms with Crippen LogP contribution in [0.15, 0.2) is 60.1 Å². The van der Waals surface area contributed by atoms with Gasteiger partial charge in [-0.1, -0.05) is 68.7 Å². The average Bonchev–Trinajstić information content (AvgIpc) is 3.58. The van der Waals surface area contributed by atoms with Crippen LogP contribution in [0.25, 0.3) is 10.8 Å². The van der Waals surface area contributed by atoms with Crippen LogP contribution in [-0.2, 0) is 31.2 Å². The number of Topliss-reactive ketones (excluding diaryl/α,β-unsaturated/α-hetero) is 1. The van der Waals surface area contributed by atoms with E-state index in [-0.39, 0.29) is 30.3 Å². The summed E-state index contributed by atoms with van der Waals surface area (Å²) in [5.41, 5.74) is 5.12. The van der Waals surface area contributed by atoms with E-state index in [0.717, 1.165) is 10.8 Å². The van der Waals surface area contributed by atoms with Crippen LogP contribution in [0, 0.1) is 5.92 Å². The molecule has 3 aromatic rings. The number of carbonyl (C=O) groups excluding carboxylic acids is 3. The highest BCUT2D eigenvalue weighted by Gasteiger charge is 2.55. The molecule has 0 aliphatic carbocycles. The van der Waals surface area contributed by atoms with E-state index in [1.807, 2.05) is 57.2 Å². The summed E-state index contributed by atoms with van der Waals surface area (Å²) in [5.74, 6) is -1.16. The number of nitrogens with zero attached hydrogens (tertiary/aromatic N) is 2. The molecule has 1 unspecified atom stereocenters. The fraction of sp³-hybridized carbons (Fsp3) is 0.393. The molecule has 38 heavy (non-hydrogen) atoms. The molecule has 1 aliphatic rings. The molecule has 1 amide bonds. The van der Waals surface area contributed by atoms with E-state index >= 15 is 0 Å². The molecule has 4 rings (SSSR count). The summed E-state index contributed by atoms with van der Waals surface area (Å²) in [5, 5.41) is 8.55. The average molecular weight is 536 g/mol. The number of benzene rings is 2. The monoisotopic (exact) mass is 535 g/mol. The molecule has 0 bridgehead atoms. The third-order valence-electron chi connectivity index (χ3n) is 7.25. The lowest BCUT2D eigenvalue weighted by Gasteiger charge is -2.33. The highest BCUT2D eigenvalue weighted by atomic mass is 32.1. The first-order chi connectivity index (χ1) is 18.1. The maximum absolute atomic E-state index is 13.9. The Kier molecular flexibility index (Phi) is 8.03. The minimum atomic E-state index is -1.62. The van der Waals surface area contributed by atoms with E-state index in [1.165, 1.54) is 6.33 Å². The second-order valence-electron chi connectivity index (χ2n) is 10.0. The van der Waals surface area contributed by atoms with Gasteiger partial charge in [-0.25, -0.2) is 4.98 Å². The predicted octanol–water partition coefficient (Wildman–Crippen LogP) is 3.44. The van der Waals surface area contributed by atoms with Gasteiger partial charge >= 0.3 is 0 Å². The lowest BCUT2D eigenvalue weighted by molar-refractivity contribution is -0.147. The van der Waals surface area contributed by atoms with Crippen molar-refractivity contribution in [2.45, 2.75) is 63.6 Å². The fourth-order valence-electron chi connectivity index (χ4n) is 4.84. The number of imidazole rings is 1. The van der Waals surface area contributed by atoms with Crippen LogP contribution >= 0.6 is 12.6 Å². The number of hydrogen-bond donors (Lipinski definition) is 4. The van der Waals surface area contributed by atoms with Gasteiger partial charge in [-0.15, -0.1) is 12.6 Å². The number of ketones is 1. The van der Waals surface area contributed by atoms with Crippen molar-refractivity contribution in [3.8, 4) is 0 Å².